The summed E-state index contributed by atoms with van der Waals surface area (Å²) in [6.07, 6.45) is 0.836. The lowest BCUT2D eigenvalue weighted by molar-refractivity contribution is 0.0582. The van der Waals surface area contributed by atoms with Crippen LogP contribution >= 0.6 is 23.2 Å². The normalized spacial score (nSPS) is 12.0. The van der Waals surface area contributed by atoms with Crippen LogP contribution in [0.2, 0.25) is 10.0 Å². The summed E-state index contributed by atoms with van der Waals surface area (Å²) in [6.45, 7) is 2.00. The average Bonchev–Trinajstić information content (AvgIpc) is 2.64. The number of benzene rings is 2. The Labute approximate surface area is 159 Å². The molecule has 0 radical (unpaired) electrons. The summed E-state index contributed by atoms with van der Waals surface area (Å²) >= 11 is 11.9. The number of rotatable bonds is 10. The summed E-state index contributed by atoms with van der Waals surface area (Å²) in [7, 11) is 3.32. The molecule has 0 heterocycles. The Kier molecular flexibility index (Phi) is 8.35. The van der Waals surface area contributed by atoms with Gasteiger partial charge in [0.1, 0.15) is 24.2 Å². The van der Waals surface area contributed by atoms with E-state index in [4.69, 9.17) is 37.4 Å². The van der Waals surface area contributed by atoms with E-state index in [9.17, 15) is 0 Å². The molecule has 1 N–H and O–H groups in total. The third kappa shape index (κ3) is 6.75. The molecule has 0 saturated carbocycles. The predicted molar refractivity (Wildman–Crippen MR) is 102 cm³/mol. The van der Waals surface area contributed by atoms with Crippen LogP contribution in [0.15, 0.2) is 42.5 Å². The molecule has 2 rings (SSSR count). The van der Waals surface area contributed by atoms with Crippen molar-refractivity contribution in [1.82, 2.24) is 5.32 Å². The molecule has 136 valence electrons. The lowest BCUT2D eigenvalue weighted by Gasteiger charge is -2.17. The van der Waals surface area contributed by atoms with Crippen LogP contribution in [0, 0.1) is 0 Å². The maximum Gasteiger partial charge on any atom is 0.119 e. The van der Waals surface area contributed by atoms with Crippen molar-refractivity contribution in [2.45, 2.75) is 12.5 Å². The van der Waals surface area contributed by atoms with Gasteiger partial charge in [-0.05, 0) is 54.9 Å². The predicted octanol–water partition coefficient (Wildman–Crippen LogP) is 4.23. The van der Waals surface area contributed by atoms with Gasteiger partial charge in [-0.3, -0.25) is 0 Å². The fourth-order valence-electron chi connectivity index (χ4n) is 2.26. The molecule has 0 amide bonds. The van der Waals surface area contributed by atoms with Crippen molar-refractivity contribution in [1.29, 1.82) is 0 Å². The van der Waals surface area contributed by atoms with Gasteiger partial charge in [0.15, 0.2) is 0 Å². The van der Waals surface area contributed by atoms with Crippen LogP contribution in [-0.4, -0.2) is 40.0 Å². The summed E-state index contributed by atoms with van der Waals surface area (Å²) in [4.78, 5) is 0. The van der Waals surface area contributed by atoms with Crippen molar-refractivity contribution in [3.63, 3.8) is 0 Å². The molecule has 0 aliphatic heterocycles. The smallest absolute Gasteiger partial charge is 0.119 e. The quantitative estimate of drug-likeness (QED) is 0.623. The molecule has 0 spiro atoms. The van der Waals surface area contributed by atoms with Crippen LogP contribution in [-0.2, 0) is 11.2 Å². The van der Waals surface area contributed by atoms with E-state index >= 15 is 0 Å². The molecule has 0 bridgehead atoms. The van der Waals surface area contributed by atoms with E-state index < -0.39 is 0 Å². The maximum atomic E-state index is 6.02. The maximum absolute atomic E-state index is 6.02. The molecule has 0 aromatic heterocycles. The minimum atomic E-state index is -0.0316. The van der Waals surface area contributed by atoms with Gasteiger partial charge in [0.25, 0.3) is 0 Å². The monoisotopic (exact) mass is 383 g/mol. The molecule has 0 aliphatic rings. The molecule has 2 aromatic rings. The van der Waals surface area contributed by atoms with Gasteiger partial charge in [-0.15, -0.1) is 0 Å². The Bertz CT molecular complexity index is 650. The van der Waals surface area contributed by atoms with Crippen molar-refractivity contribution in [3.05, 3.63) is 58.1 Å². The summed E-state index contributed by atoms with van der Waals surface area (Å²) in [5, 5.41) is 4.53. The Hall–Kier alpha value is -1.46. The zero-order valence-corrected chi connectivity index (χ0v) is 15.9. The second-order valence-electron chi connectivity index (χ2n) is 5.55. The molecule has 6 heteroatoms. The van der Waals surface area contributed by atoms with Gasteiger partial charge in [0.2, 0.25) is 0 Å². The van der Waals surface area contributed by atoms with Crippen LogP contribution < -0.4 is 14.8 Å². The first-order valence-electron chi connectivity index (χ1n) is 8.06. The second kappa shape index (κ2) is 10.5. The Morgan fingerprint density at radius 1 is 0.960 bits per heavy atom. The molecule has 0 aliphatic carbocycles. The van der Waals surface area contributed by atoms with Crippen LogP contribution in [0.25, 0.3) is 0 Å². The van der Waals surface area contributed by atoms with Gasteiger partial charge >= 0.3 is 0 Å². The van der Waals surface area contributed by atoms with Crippen LogP contribution in [0.5, 0.6) is 11.5 Å². The SMILES string of the molecule is COc1ccc(OCC(CNCCc2ccc(Cl)c(Cl)c2)OC)cc1. The zero-order chi connectivity index (χ0) is 18.1. The first-order chi connectivity index (χ1) is 12.1. The summed E-state index contributed by atoms with van der Waals surface area (Å²) in [5.41, 5.74) is 1.14. The van der Waals surface area contributed by atoms with E-state index in [0.717, 1.165) is 30.0 Å². The fourth-order valence-corrected chi connectivity index (χ4v) is 2.58. The van der Waals surface area contributed by atoms with Crippen molar-refractivity contribution in [3.8, 4) is 11.5 Å². The van der Waals surface area contributed by atoms with Crippen molar-refractivity contribution in [2.24, 2.45) is 0 Å². The molecule has 2 aromatic carbocycles. The summed E-state index contributed by atoms with van der Waals surface area (Å²) in [6, 6.07) is 13.2. The van der Waals surface area contributed by atoms with Crippen LogP contribution in [0.3, 0.4) is 0 Å². The molecule has 1 atom stereocenters. The molecule has 4 nitrogen and oxygen atoms in total. The van der Waals surface area contributed by atoms with Gasteiger partial charge in [-0.1, -0.05) is 29.3 Å². The number of methoxy groups -OCH3 is 2. The topological polar surface area (TPSA) is 39.7 Å². The van der Waals surface area contributed by atoms with Gasteiger partial charge in [0.05, 0.1) is 17.2 Å². The van der Waals surface area contributed by atoms with Crippen molar-refractivity contribution >= 4 is 23.2 Å². The molecular weight excluding hydrogens is 361 g/mol. The van der Waals surface area contributed by atoms with Crippen molar-refractivity contribution in [2.75, 3.05) is 33.9 Å². The number of ether oxygens (including phenoxy) is 3. The van der Waals surface area contributed by atoms with E-state index in [1.54, 1.807) is 14.2 Å². The molecular formula is C19H23Cl2NO3. The van der Waals surface area contributed by atoms with E-state index in [-0.39, 0.29) is 6.10 Å². The minimum absolute atomic E-state index is 0.0316. The fraction of sp³-hybridized carbons (Fsp3) is 0.368. The number of hydrogen-bond acceptors (Lipinski definition) is 4. The standard InChI is InChI=1S/C19H23Cl2NO3/c1-23-15-4-6-16(7-5-15)25-13-17(24-2)12-22-10-9-14-3-8-18(20)19(21)11-14/h3-8,11,17,22H,9-10,12-13H2,1-2H3. The average molecular weight is 384 g/mol. The van der Waals surface area contributed by atoms with Gasteiger partial charge in [0, 0.05) is 13.7 Å². The van der Waals surface area contributed by atoms with E-state index in [0.29, 0.717) is 23.2 Å². The highest BCUT2D eigenvalue weighted by molar-refractivity contribution is 6.42. The molecule has 1 unspecified atom stereocenters. The third-order valence-electron chi connectivity index (χ3n) is 3.78. The highest BCUT2D eigenvalue weighted by atomic mass is 35.5. The van der Waals surface area contributed by atoms with Gasteiger partial charge in [-0.2, -0.15) is 0 Å². The Morgan fingerprint density at radius 3 is 2.32 bits per heavy atom. The number of halogens is 2. The second-order valence-corrected chi connectivity index (χ2v) is 6.36. The Balaban J connectivity index is 1.69. The van der Waals surface area contributed by atoms with E-state index in [2.05, 4.69) is 5.32 Å². The minimum Gasteiger partial charge on any atom is -0.497 e. The summed E-state index contributed by atoms with van der Waals surface area (Å²) < 4.78 is 16.3. The van der Waals surface area contributed by atoms with Crippen LogP contribution in [0.4, 0.5) is 0 Å². The van der Waals surface area contributed by atoms with Crippen LogP contribution in [0.1, 0.15) is 5.56 Å². The van der Waals surface area contributed by atoms with Crippen molar-refractivity contribution < 1.29 is 14.2 Å². The lowest BCUT2D eigenvalue weighted by atomic mass is 10.1. The van der Waals surface area contributed by atoms with Gasteiger partial charge < -0.3 is 19.5 Å². The largest absolute Gasteiger partial charge is 0.497 e. The summed E-state index contributed by atoms with van der Waals surface area (Å²) in [5.74, 6) is 1.60. The van der Waals surface area contributed by atoms with E-state index in [1.807, 2.05) is 42.5 Å². The van der Waals surface area contributed by atoms with E-state index in [1.165, 1.54) is 0 Å². The highest BCUT2D eigenvalue weighted by Gasteiger charge is 2.08. The number of nitrogens with one attached hydrogen (secondary N) is 1. The lowest BCUT2D eigenvalue weighted by Crippen LogP contribution is -2.34. The molecule has 25 heavy (non-hydrogen) atoms. The third-order valence-corrected chi connectivity index (χ3v) is 4.51. The first kappa shape index (κ1) is 19.9. The van der Waals surface area contributed by atoms with Gasteiger partial charge in [-0.25, -0.2) is 0 Å². The number of hydrogen-bond donors (Lipinski definition) is 1. The molecule has 0 saturated heterocycles. The first-order valence-corrected chi connectivity index (χ1v) is 8.82. The Morgan fingerprint density at radius 2 is 1.68 bits per heavy atom. The zero-order valence-electron chi connectivity index (χ0n) is 14.4. The highest BCUT2D eigenvalue weighted by Crippen LogP contribution is 2.22. The molecule has 0 fully saturated rings.